The molecule has 76 valence electrons. The van der Waals surface area contributed by atoms with Crippen molar-refractivity contribution in [1.29, 1.82) is 0 Å². The van der Waals surface area contributed by atoms with E-state index in [1.165, 1.54) is 18.4 Å². The normalized spacial score (nSPS) is 14.3. The van der Waals surface area contributed by atoms with Crippen LogP contribution in [-0.4, -0.2) is 0 Å². The van der Waals surface area contributed by atoms with Crippen LogP contribution in [0.4, 0.5) is 0 Å². The first-order chi connectivity index (χ1) is 6.38. The number of rotatable bonds is 3. The Labute approximate surface area is 84.1 Å². The Balaban J connectivity index is 0. The molecular weight excluding hydrogens is 156 g/mol. The molecule has 0 aliphatic heterocycles. The lowest BCUT2D eigenvalue weighted by molar-refractivity contribution is 1.05. The van der Waals surface area contributed by atoms with Crippen LogP contribution in [0.2, 0.25) is 0 Å². The van der Waals surface area contributed by atoms with Crippen molar-refractivity contribution in [1.82, 2.24) is 0 Å². The van der Waals surface area contributed by atoms with Gasteiger partial charge in [-0.25, -0.2) is 0 Å². The summed E-state index contributed by atoms with van der Waals surface area (Å²) in [6.07, 6.45) is 8.48. The zero-order valence-corrected chi connectivity index (χ0v) is 9.64. The molecule has 0 aromatic heterocycles. The zero-order chi connectivity index (χ0) is 10.7. The van der Waals surface area contributed by atoms with Gasteiger partial charge in [-0.05, 0) is 24.3 Å². The van der Waals surface area contributed by atoms with Crippen molar-refractivity contribution in [2.45, 2.75) is 40.5 Å². The van der Waals surface area contributed by atoms with Crippen LogP contribution in [0.5, 0.6) is 0 Å². The van der Waals surface area contributed by atoms with Gasteiger partial charge in [0.15, 0.2) is 0 Å². The van der Waals surface area contributed by atoms with Gasteiger partial charge in [-0.1, -0.05) is 59.1 Å². The maximum atomic E-state index is 3.72. The van der Waals surface area contributed by atoms with Crippen LogP contribution in [-0.2, 0) is 0 Å². The SMILES string of the molecule is C=C/C=C(\C=C)C1CC1.CC.CC. The summed E-state index contributed by atoms with van der Waals surface area (Å²) in [6.45, 7) is 15.4. The van der Waals surface area contributed by atoms with Crippen LogP contribution in [0, 0.1) is 5.92 Å². The van der Waals surface area contributed by atoms with Gasteiger partial charge in [0.2, 0.25) is 0 Å². The molecular formula is C13H24. The highest BCUT2D eigenvalue weighted by atomic mass is 14.3. The highest BCUT2D eigenvalue weighted by molar-refractivity contribution is 5.26. The van der Waals surface area contributed by atoms with Crippen LogP contribution in [0.3, 0.4) is 0 Å². The van der Waals surface area contributed by atoms with Crippen LogP contribution < -0.4 is 0 Å². The van der Waals surface area contributed by atoms with E-state index in [0.29, 0.717) is 0 Å². The fraction of sp³-hybridized carbons (Fsp3) is 0.538. The van der Waals surface area contributed by atoms with E-state index in [1.807, 2.05) is 45.9 Å². The van der Waals surface area contributed by atoms with Gasteiger partial charge < -0.3 is 0 Å². The van der Waals surface area contributed by atoms with E-state index in [-0.39, 0.29) is 0 Å². The molecule has 1 rings (SSSR count). The third-order valence-corrected chi connectivity index (χ3v) is 1.59. The van der Waals surface area contributed by atoms with Gasteiger partial charge in [-0.3, -0.25) is 0 Å². The van der Waals surface area contributed by atoms with Crippen LogP contribution in [0.25, 0.3) is 0 Å². The molecule has 0 aromatic carbocycles. The Morgan fingerprint density at radius 1 is 1.08 bits per heavy atom. The van der Waals surface area contributed by atoms with Gasteiger partial charge in [0.05, 0.1) is 0 Å². The lowest BCUT2D eigenvalue weighted by Crippen LogP contribution is -1.76. The van der Waals surface area contributed by atoms with Crippen molar-refractivity contribution >= 4 is 0 Å². The third kappa shape index (κ3) is 7.58. The Morgan fingerprint density at radius 2 is 1.54 bits per heavy atom. The largest absolute Gasteiger partial charge is 0.0991 e. The topological polar surface area (TPSA) is 0 Å². The predicted octanol–water partition coefficient (Wildman–Crippen LogP) is 4.75. The zero-order valence-electron chi connectivity index (χ0n) is 9.64. The average Bonchev–Trinajstić information content (AvgIpc) is 3.04. The second-order valence-electron chi connectivity index (χ2n) is 2.38. The molecule has 0 bridgehead atoms. The Kier molecular flexibility index (Phi) is 12.7. The highest BCUT2D eigenvalue weighted by Crippen LogP contribution is 2.36. The molecule has 0 unspecified atom stereocenters. The molecule has 0 radical (unpaired) electrons. The maximum Gasteiger partial charge on any atom is -0.0162 e. The van der Waals surface area contributed by atoms with E-state index in [2.05, 4.69) is 13.2 Å². The van der Waals surface area contributed by atoms with Gasteiger partial charge in [0.25, 0.3) is 0 Å². The minimum atomic E-state index is 0.806. The van der Waals surface area contributed by atoms with Crippen molar-refractivity contribution in [3.8, 4) is 0 Å². The van der Waals surface area contributed by atoms with Gasteiger partial charge in [-0.2, -0.15) is 0 Å². The second-order valence-corrected chi connectivity index (χ2v) is 2.38. The van der Waals surface area contributed by atoms with Crippen LogP contribution in [0.1, 0.15) is 40.5 Å². The molecule has 0 aromatic rings. The molecule has 0 nitrogen and oxygen atoms in total. The average molecular weight is 180 g/mol. The highest BCUT2D eigenvalue weighted by Gasteiger charge is 2.23. The molecule has 0 N–H and O–H groups in total. The number of hydrogen-bond donors (Lipinski definition) is 0. The van der Waals surface area contributed by atoms with E-state index in [1.54, 1.807) is 0 Å². The third-order valence-electron chi connectivity index (χ3n) is 1.59. The maximum absolute atomic E-state index is 3.72. The van der Waals surface area contributed by atoms with Gasteiger partial charge >= 0.3 is 0 Å². The molecule has 1 fully saturated rings. The molecule has 0 heterocycles. The monoisotopic (exact) mass is 180 g/mol. The smallest absolute Gasteiger partial charge is 0.0162 e. The molecule has 0 amide bonds. The molecule has 1 aliphatic rings. The summed E-state index contributed by atoms with van der Waals surface area (Å²) in [5, 5.41) is 0. The Morgan fingerprint density at radius 3 is 1.77 bits per heavy atom. The lowest BCUT2D eigenvalue weighted by Gasteiger charge is -1.92. The van der Waals surface area contributed by atoms with E-state index in [4.69, 9.17) is 0 Å². The Bertz CT molecular complexity index is 147. The molecule has 0 atom stereocenters. The summed E-state index contributed by atoms with van der Waals surface area (Å²) in [5.74, 6) is 0.806. The van der Waals surface area contributed by atoms with E-state index < -0.39 is 0 Å². The number of allylic oxidation sites excluding steroid dienone is 4. The van der Waals surface area contributed by atoms with Crippen LogP contribution in [0.15, 0.2) is 37.0 Å². The van der Waals surface area contributed by atoms with Gasteiger partial charge in [0.1, 0.15) is 0 Å². The summed E-state index contributed by atoms with van der Waals surface area (Å²) >= 11 is 0. The molecule has 0 spiro atoms. The standard InChI is InChI=1S/C9H12.2C2H6/c1-3-5-8(4-2)9-6-7-9;2*1-2/h3-5,9H,1-2,6-7H2;2*1-2H3/b8-5+;;. The molecule has 13 heavy (non-hydrogen) atoms. The molecule has 0 heteroatoms. The fourth-order valence-corrected chi connectivity index (χ4v) is 0.924. The summed E-state index contributed by atoms with van der Waals surface area (Å²) in [5.41, 5.74) is 1.35. The first kappa shape index (κ1) is 14.7. The predicted molar refractivity (Wildman–Crippen MR) is 63.9 cm³/mol. The summed E-state index contributed by atoms with van der Waals surface area (Å²) < 4.78 is 0. The fourth-order valence-electron chi connectivity index (χ4n) is 0.924. The lowest BCUT2D eigenvalue weighted by atomic mass is 10.1. The van der Waals surface area contributed by atoms with E-state index >= 15 is 0 Å². The summed E-state index contributed by atoms with van der Waals surface area (Å²) in [4.78, 5) is 0. The first-order valence-corrected chi connectivity index (χ1v) is 5.33. The number of hydrogen-bond acceptors (Lipinski definition) is 0. The van der Waals surface area contributed by atoms with Crippen molar-refractivity contribution < 1.29 is 0 Å². The first-order valence-electron chi connectivity index (χ1n) is 5.33. The summed E-state index contributed by atoms with van der Waals surface area (Å²) in [7, 11) is 0. The van der Waals surface area contributed by atoms with Crippen molar-refractivity contribution in [3.05, 3.63) is 37.0 Å². The molecule has 1 saturated carbocycles. The van der Waals surface area contributed by atoms with Gasteiger partial charge in [0, 0.05) is 0 Å². The Hall–Kier alpha value is -0.780. The van der Waals surface area contributed by atoms with Crippen LogP contribution >= 0.6 is 0 Å². The van der Waals surface area contributed by atoms with E-state index in [9.17, 15) is 0 Å². The van der Waals surface area contributed by atoms with Crippen molar-refractivity contribution in [2.75, 3.05) is 0 Å². The molecule has 0 saturated heterocycles. The second kappa shape index (κ2) is 11.2. The molecule has 1 aliphatic carbocycles. The minimum Gasteiger partial charge on any atom is -0.0991 e. The minimum absolute atomic E-state index is 0.806. The summed E-state index contributed by atoms with van der Waals surface area (Å²) in [6, 6.07) is 0. The quantitative estimate of drug-likeness (QED) is 0.550. The van der Waals surface area contributed by atoms with E-state index in [0.717, 1.165) is 5.92 Å². The van der Waals surface area contributed by atoms with Crippen molar-refractivity contribution in [3.63, 3.8) is 0 Å². The van der Waals surface area contributed by atoms with Gasteiger partial charge in [-0.15, -0.1) is 0 Å². The van der Waals surface area contributed by atoms with Crippen molar-refractivity contribution in [2.24, 2.45) is 5.92 Å².